The summed E-state index contributed by atoms with van der Waals surface area (Å²) in [6.07, 6.45) is 0.414. The van der Waals surface area contributed by atoms with Crippen LogP contribution in [0.15, 0.2) is 48.5 Å². The highest BCUT2D eigenvalue weighted by atomic mass is 32.1. The first-order chi connectivity index (χ1) is 11.1. The van der Waals surface area contributed by atoms with Gasteiger partial charge >= 0.3 is 0 Å². The minimum Gasteiger partial charge on any atom is -0.497 e. The Labute approximate surface area is 142 Å². The fourth-order valence-electron chi connectivity index (χ4n) is 2.14. The van der Waals surface area contributed by atoms with Gasteiger partial charge < -0.3 is 15.4 Å². The highest BCUT2D eigenvalue weighted by molar-refractivity contribution is 7.80. The van der Waals surface area contributed by atoms with Crippen LogP contribution in [-0.4, -0.2) is 12.2 Å². The van der Waals surface area contributed by atoms with E-state index in [1.807, 2.05) is 55.5 Å². The summed E-state index contributed by atoms with van der Waals surface area (Å²) in [5, 5.41) is 15.6. The van der Waals surface area contributed by atoms with Gasteiger partial charge in [-0.3, -0.25) is 0 Å². The Bertz CT molecular complexity index is 690. The van der Waals surface area contributed by atoms with Gasteiger partial charge in [0.2, 0.25) is 0 Å². The largest absolute Gasteiger partial charge is 0.497 e. The van der Waals surface area contributed by atoms with E-state index in [1.54, 1.807) is 7.11 Å². The molecule has 2 aromatic carbocycles. The molecule has 0 saturated heterocycles. The van der Waals surface area contributed by atoms with Crippen molar-refractivity contribution >= 4 is 23.0 Å². The van der Waals surface area contributed by atoms with Crippen LogP contribution in [0.4, 0.5) is 5.69 Å². The lowest BCUT2D eigenvalue weighted by atomic mass is 10.1. The Morgan fingerprint density at radius 3 is 2.39 bits per heavy atom. The van der Waals surface area contributed by atoms with Crippen LogP contribution >= 0.6 is 12.2 Å². The molecular weight excluding hydrogens is 306 g/mol. The standard InChI is InChI=1S/C18H19N3OS/c1-13(15-5-9-17(22-2)10-6-15)20-18(23)21-16-7-3-14(4-8-16)11-12-19/h3-10,13H,11H2,1-2H3,(H2,20,21,23). The third-order valence-electron chi connectivity index (χ3n) is 3.46. The van der Waals surface area contributed by atoms with Gasteiger partial charge in [-0.2, -0.15) is 5.26 Å². The van der Waals surface area contributed by atoms with Crippen molar-refractivity contribution < 1.29 is 4.74 Å². The van der Waals surface area contributed by atoms with Crippen molar-refractivity contribution in [3.05, 3.63) is 59.7 Å². The lowest BCUT2D eigenvalue weighted by molar-refractivity contribution is 0.414. The molecule has 2 aromatic rings. The molecule has 0 amide bonds. The maximum Gasteiger partial charge on any atom is 0.171 e. The molecule has 1 atom stereocenters. The summed E-state index contributed by atoms with van der Waals surface area (Å²) in [5.41, 5.74) is 3.01. The second kappa shape index (κ2) is 8.16. The van der Waals surface area contributed by atoms with Gasteiger partial charge in [0.25, 0.3) is 0 Å². The summed E-state index contributed by atoms with van der Waals surface area (Å²) >= 11 is 5.35. The molecule has 0 saturated carbocycles. The Kier molecular flexibility index (Phi) is 5.95. The number of nitriles is 1. The van der Waals surface area contributed by atoms with Crippen LogP contribution in [0.3, 0.4) is 0 Å². The van der Waals surface area contributed by atoms with E-state index in [-0.39, 0.29) is 6.04 Å². The smallest absolute Gasteiger partial charge is 0.171 e. The number of thiocarbonyl (C=S) groups is 1. The molecule has 118 valence electrons. The van der Waals surface area contributed by atoms with E-state index in [0.717, 1.165) is 22.6 Å². The van der Waals surface area contributed by atoms with E-state index in [0.29, 0.717) is 11.5 Å². The fraction of sp³-hybridized carbons (Fsp3) is 0.222. The highest BCUT2D eigenvalue weighted by Crippen LogP contribution is 2.17. The maximum atomic E-state index is 8.67. The molecule has 2 rings (SSSR count). The van der Waals surface area contributed by atoms with Crippen LogP contribution < -0.4 is 15.4 Å². The van der Waals surface area contributed by atoms with Crippen LogP contribution in [0.1, 0.15) is 24.1 Å². The molecule has 0 aliphatic rings. The van der Waals surface area contributed by atoms with E-state index in [4.69, 9.17) is 22.2 Å². The van der Waals surface area contributed by atoms with Crippen LogP contribution in [-0.2, 0) is 6.42 Å². The summed E-state index contributed by atoms with van der Waals surface area (Å²) in [7, 11) is 1.65. The summed E-state index contributed by atoms with van der Waals surface area (Å²) in [4.78, 5) is 0. The molecule has 0 fully saturated rings. The van der Waals surface area contributed by atoms with Gasteiger partial charge in [0.1, 0.15) is 5.75 Å². The molecule has 0 aliphatic heterocycles. The molecule has 0 bridgehead atoms. The predicted octanol–water partition coefficient (Wildman–Crippen LogP) is 3.81. The van der Waals surface area contributed by atoms with E-state index in [1.165, 1.54) is 0 Å². The van der Waals surface area contributed by atoms with Crippen molar-refractivity contribution in [3.8, 4) is 11.8 Å². The lowest BCUT2D eigenvalue weighted by Crippen LogP contribution is -2.30. The molecule has 0 radical (unpaired) electrons. The van der Waals surface area contributed by atoms with Gasteiger partial charge in [0, 0.05) is 5.69 Å². The van der Waals surface area contributed by atoms with Crippen molar-refractivity contribution in [1.82, 2.24) is 5.32 Å². The average molecular weight is 325 g/mol. The van der Waals surface area contributed by atoms with Gasteiger partial charge in [-0.25, -0.2) is 0 Å². The second-order valence-electron chi connectivity index (χ2n) is 5.13. The predicted molar refractivity (Wildman–Crippen MR) is 96.5 cm³/mol. The van der Waals surface area contributed by atoms with Crippen molar-refractivity contribution in [2.45, 2.75) is 19.4 Å². The molecule has 1 unspecified atom stereocenters. The minimum absolute atomic E-state index is 0.0822. The zero-order valence-corrected chi connectivity index (χ0v) is 14.0. The fourth-order valence-corrected chi connectivity index (χ4v) is 2.43. The number of hydrogen-bond donors (Lipinski definition) is 2. The third-order valence-corrected chi connectivity index (χ3v) is 3.68. The SMILES string of the molecule is COc1ccc(C(C)NC(=S)Nc2ccc(CC#N)cc2)cc1. The van der Waals surface area contributed by atoms with Crippen LogP contribution in [0.25, 0.3) is 0 Å². The van der Waals surface area contributed by atoms with E-state index < -0.39 is 0 Å². The molecule has 0 aliphatic carbocycles. The number of nitrogens with one attached hydrogen (secondary N) is 2. The average Bonchev–Trinajstić information content (AvgIpc) is 2.57. The molecule has 0 heterocycles. The number of hydrogen-bond acceptors (Lipinski definition) is 3. The number of nitrogens with zero attached hydrogens (tertiary/aromatic N) is 1. The minimum atomic E-state index is 0.0822. The molecular formula is C18H19N3OS. The van der Waals surface area contributed by atoms with Crippen LogP contribution in [0.2, 0.25) is 0 Å². The van der Waals surface area contributed by atoms with Gasteiger partial charge in [-0.1, -0.05) is 24.3 Å². The van der Waals surface area contributed by atoms with Crippen molar-refractivity contribution in [2.75, 3.05) is 12.4 Å². The molecule has 4 nitrogen and oxygen atoms in total. The van der Waals surface area contributed by atoms with E-state index in [2.05, 4.69) is 16.7 Å². The molecule has 23 heavy (non-hydrogen) atoms. The monoisotopic (exact) mass is 325 g/mol. The first kappa shape index (κ1) is 16.8. The Balaban J connectivity index is 1.91. The summed E-state index contributed by atoms with van der Waals surface area (Å²) < 4.78 is 5.16. The Hall–Kier alpha value is -2.58. The van der Waals surface area contributed by atoms with Crippen molar-refractivity contribution in [3.63, 3.8) is 0 Å². The van der Waals surface area contributed by atoms with Crippen molar-refractivity contribution in [2.24, 2.45) is 0 Å². The van der Waals surface area contributed by atoms with Crippen LogP contribution in [0.5, 0.6) is 5.75 Å². The molecule has 0 aromatic heterocycles. The first-order valence-corrected chi connectivity index (χ1v) is 7.70. The van der Waals surface area contributed by atoms with Gasteiger partial charge in [0.15, 0.2) is 5.11 Å². The molecule has 5 heteroatoms. The second-order valence-corrected chi connectivity index (χ2v) is 5.53. The number of anilines is 1. The zero-order chi connectivity index (χ0) is 16.7. The topological polar surface area (TPSA) is 57.1 Å². The van der Waals surface area contributed by atoms with E-state index >= 15 is 0 Å². The lowest BCUT2D eigenvalue weighted by Gasteiger charge is -2.17. The van der Waals surface area contributed by atoms with Crippen LogP contribution in [0, 0.1) is 11.3 Å². The molecule has 2 N–H and O–H groups in total. The number of rotatable bonds is 5. The van der Waals surface area contributed by atoms with Gasteiger partial charge in [-0.15, -0.1) is 0 Å². The Morgan fingerprint density at radius 2 is 1.83 bits per heavy atom. The number of methoxy groups -OCH3 is 1. The van der Waals surface area contributed by atoms with E-state index in [9.17, 15) is 0 Å². The first-order valence-electron chi connectivity index (χ1n) is 7.29. The zero-order valence-electron chi connectivity index (χ0n) is 13.2. The number of benzene rings is 2. The quantitative estimate of drug-likeness (QED) is 0.819. The number of ether oxygens (including phenoxy) is 1. The summed E-state index contributed by atoms with van der Waals surface area (Å²) in [5.74, 6) is 0.833. The maximum absolute atomic E-state index is 8.67. The summed E-state index contributed by atoms with van der Waals surface area (Å²) in [6, 6.07) is 17.8. The summed E-state index contributed by atoms with van der Waals surface area (Å²) in [6.45, 7) is 2.05. The molecule has 0 spiro atoms. The Morgan fingerprint density at radius 1 is 1.17 bits per heavy atom. The van der Waals surface area contributed by atoms with Gasteiger partial charge in [0.05, 0.1) is 25.6 Å². The van der Waals surface area contributed by atoms with Crippen molar-refractivity contribution in [1.29, 1.82) is 5.26 Å². The normalized spacial score (nSPS) is 11.2. The van der Waals surface area contributed by atoms with Gasteiger partial charge in [-0.05, 0) is 54.5 Å². The third kappa shape index (κ3) is 4.97. The highest BCUT2D eigenvalue weighted by Gasteiger charge is 2.07.